The van der Waals surface area contributed by atoms with Crippen molar-refractivity contribution in [2.75, 3.05) is 0 Å². The Morgan fingerprint density at radius 2 is 1.67 bits per heavy atom. The topological polar surface area (TPSA) is 44.8 Å². The number of carbonyl (C=O) groups is 1. The lowest BCUT2D eigenvalue weighted by Gasteiger charge is -2.34. The number of hydrogen-bond acceptors (Lipinski definition) is 4. The Morgan fingerprint density at radius 1 is 0.926 bits per heavy atom. The predicted molar refractivity (Wildman–Crippen MR) is 104 cm³/mol. The fraction of sp³-hybridized carbons (Fsp3) is 0.261. The van der Waals surface area contributed by atoms with E-state index >= 15 is 0 Å². The largest absolute Gasteiger partial charge is 0.488 e. The molecule has 1 aliphatic heterocycles. The average Bonchev–Trinajstić information content (AvgIpc) is 2.63. The lowest BCUT2D eigenvalue weighted by molar-refractivity contribution is -0.127. The molecular weight excluding hydrogens is 340 g/mol. The molecule has 0 saturated heterocycles. The zero-order chi connectivity index (χ0) is 19.2. The molecule has 4 rings (SSSR count). The van der Waals surface area contributed by atoms with Crippen molar-refractivity contribution < 1.29 is 19.0 Å². The van der Waals surface area contributed by atoms with E-state index in [1.165, 1.54) is 0 Å². The second kappa shape index (κ2) is 6.31. The van der Waals surface area contributed by atoms with E-state index in [1.54, 1.807) is 13.8 Å². The number of esters is 1. The van der Waals surface area contributed by atoms with Gasteiger partial charge in [0.2, 0.25) is 5.79 Å². The van der Waals surface area contributed by atoms with Crippen LogP contribution in [0.4, 0.5) is 0 Å². The number of ether oxygens (including phenoxy) is 3. The van der Waals surface area contributed by atoms with E-state index < -0.39 is 5.79 Å². The van der Waals surface area contributed by atoms with Crippen molar-refractivity contribution >= 4 is 16.7 Å². The van der Waals surface area contributed by atoms with Gasteiger partial charge in [0.1, 0.15) is 23.7 Å². The van der Waals surface area contributed by atoms with Gasteiger partial charge in [-0.25, -0.2) is 4.79 Å². The summed E-state index contributed by atoms with van der Waals surface area (Å²) in [5.41, 5.74) is 3.30. The van der Waals surface area contributed by atoms with Crippen molar-refractivity contribution in [1.29, 1.82) is 0 Å². The molecule has 0 N–H and O–H groups in total. The first-order chi connectivity index (χ1) is 12.9. The molecule has 0 aliphatic carbocycles. The van der Waals surface area contributed by atoms with Crippen molar-refractivity contribution in [1.82, 2.24) is 0 Å². The minimum Gasteiger partial charge on any atom is -0.488 e. The maximum atomic E-state index is 12.7. The van der Waals surface area contributed by atoms with E-state index in [0.29, 0.717) is 17.9 Å². The van der Waals surface area contributed by atoms with Crippen molar-refractivity contribution in [2.45, 2.75) is 40.1 Å². The van der Waals surface area contributed by atoms with Gasteiger partial charge >= 0.3 is 5.97 Å². The van der Waals surface area contributed by atoms with Crippen LogP contribution in [0, 0.1) is 13.8 Å². The van der Waals surface area contributed by atoms with Crippen molar-refractivity contribution in [3.63, 3.8) is 0 Å². The zero-order valence-corrected chi connectivity index (χ0v) is 16.0. The highest BCUT2D eigenvalue weighted by atomic mass is 16.7. The van der Waals surface area contributed by atoms with Crippen LogP contribution in [-0.2, 0) is 11.3 Å². The van der Waals surface area contributed by atoms with Crippen molar-refractivity contribution in [3.05, 3.63) is 70.8 Å². The standard InChI is InChI=1S/C23H22O4/c1-14-17-11-8-12-18(25-13-16-9-6-5-7-10-16)19(17)15(2)20-21(14)26-23(3,4)27-22(20)24/h5-12H,13H2,1-4H3. The van der Waals surface area contributed by atoms with E-state index in [-0.39, 0.29) is 5.97 Å². The van der Waals surface area contributed by atoms with Crippen LogP contribution in [0.25, 0.3) is 10.8 Å². The molecule has 4 heteroatoms. The van der Waals surface area contributed by atoms with Gasteiger partial charge in [-0.05, 0) is 36.4 Å². The van der Waals surface area contributed by atoms with E-state index in [0.717, 1.165) is 33.2 Å². The first kappa shape index (κ1) is 17.4. The second-order valence-electron chi connectivity index (χ2n) is 7.30. The highest BCUT2D eigenvalue weighted by Gasteiger charge is 2.37. The number of cyclic esters (lactones) is 1. The summed E-state index contributed by atoms with van der Waals surface area (Å²) in [6.07, 6.45) is 0. The number of hydrogen-bond donors (Lipinski definition) is 0. The zero-order valence-electron chi connectivity index (χ0n) is 16.0. The Kier molecular flexibility index (Phi) is 4.06. The molecule has 27 heavy (non-hydrogen) atoms. The Morgan fingerprint density at radius 3 is 2.41 bits per heavy atom. The molecule has 1 aliphatic rings. The van der Waals surface area contributed by atoms with Crippen LogP contribution in [0.2, 0.25) is 0 Å². The van der Waals surface area contributed by atoms with E-state index in [9.17, 15) is 4.79 Å². The maximum Gasteiger partial charge on any atom is 0.345 e. The fourth-order valence-electron chi connectivity index (χ4n) is 3.61. The first-order valence-corrected chi connectivity index (χ1v) is 9.02. The maximum absolute atomic E-state index is 12.7. The number of fused-ring (bicyclic) bond motifs is 2. The third-order valence-corrected chi connectivity index (χ3v) is 4.88. The van der Waals surface area contributed by atoms with Gasteiger partial charge in [-0.1, -0.05) is 42.5 Å². The van der Waals surface area contributed by atoms with Gasteiger partial charge in [-0.2, -0.15) is 0 Å². The molecule has 0 atom stereocenters. The monoisotopic (exact) mass is 362 g/mol. The van der Waals surface area contributed by atoms with Crippen LogP contribution < -0.4 is 9.47 Å². The summed E-state index contributed by atoms with van der Waals surface area (Å²) in [4.78, 5) is 12.7. The SMILES string of the molecule is Cc1c2c(c(C)c3c(OCc4ccccc4)cccc13)C(=O)OC(C)(C)O2. The Balaban J connectivity index is 1.85. The summed E-state index contributed by atoms with van der Waals surface area (Å²) in [6, 6.07) is 15.9. The molecule has 0 aromatic heterocycles. The molecule has 4 nitrogen and oxygen atoms in total. The summed E-state index contributed by atoms with van der Waals surface area (Å²) >= 11 is 0. The Labute approximate surface area is 158 Å². The van der Waals surface area contributed by atoms with Gasteiger partial charge in [0.25, 0.3) is 0 Å². The number of benzene rings is 3. The third kappa shape index (κ3) is 3.01. The van der Waals surface area contributed by atoms with Gasteiger partial charge in [0, 0.05) is 24.8 Å². The van der Waals surface area contributed by atoms with E-state index in [1.807, 2.05) is 62.4 Å². The van der Waals surface area contributed by atoms with E-state index in [2.05, 4.69) is 0 Å². The van der Waals surface area contributed by atoms with Gasteiger partial charge in [0.05, 0.1) is 0 Å². The van der Waals surface area contributed by atoms with Gasteiger partial charge in [-0.15, -0.1) is 0 Å². The summed E-state index contributed by atoms with van der Waals surface area (Å²) in [5.74, 6) is 0.0107. The molecule has 3 aromatic carbocycles. The molecule has 0 fully saturated rings. The lowest BCUT2D eigenvalue weighted by Crippen LogP contribution is -2.39. The van der Waals surface area contributed by atoms with Crippen molar-refractivity contribution in [2.24, 2.45) is 0 Å². The molecule has 0 spiro atoms. The van der Waals surface area contributed by atoms with Gasteiger partial charge < -0.3 is 14.2 Å². The minimum absolute atomic E-state index is 0.360. The van der Waals surface area contributed by atoms with Crippen LogP contribution in [-0.4, -0.2) is 11.8 Å². The number of carbonyl (C=O) groups excluding carboxylic acids is 1. The molecular formula is C23H22O4. The summed E-state index contributed by atoms with van der Waals surface area (Å²) < 4.78 is 17.6. The van der Waals surface area contributed by atoms with Crippen LogP contribution in [0.5, 0.6) is 11.5 Å². The van der Waals surface area contributed by atoms with Crippen LogP contribution in [0.3, 0.4) is 0 Å². The molecule has 0 amide bonds. The molecule has 0 radical (unpaired) electrons. The smallest absolute Gasteiger partial charge is 0.345 e. The molecule has 0 unspecified atom stereocenters. The number of aryl methyl sites for hydroxylation is 2. The molecule has 3 aromatic rings. The Hall–Kier alpha value is -3.01. The first-order valence-electron chi connectivity index (χ1n) is 9.02. The summed E-state index contributed by atoms with van der Waals surface area (Å²) in [7, 11) is 0. The van der Waals surface area contributed by atoms with Gasteiger partial charge in [0.15, 0.2) is 0 Å². The number of rotatable bonds is 3. The second-order valence-corrected chi connectivity index (χ2v) is 7.30. The predicted octanol–water partition coefficient (Wildman–Crippen LogP) is 5.32. The minimum atomic E-state index is -0.976. The Bertz CT molecular complexity index is 1040. The molecule has 1 heterocycles. The van der Waals surface area contributed by atoms with E-state index in [4.69, 9.17) is 14.2 Å². The van der Waals surface area contributed by atoms with Gasteiger partial charge in [-0.3, -0.25) is 0 Å². The van der Waals surface area contributed by atoms with Crippen LogP contribution in [0.1, 0.15) is 40.9 Å². The average molecular weight is 362 g/mol. The quantitative estimate of drug-likeness (QED) is 0.592. The fourth-order valence-corrected chi connectivity index (χ4v) is 3.61. The summed E-state index contributed by atoms with van der Waals surface area (Å²) in [6.45, 7) is 7.83. The van der Waals surface area contributed by atoms with Crippen molar-refractivity contribution in [3.8, 4) is 11.5 Å². The molecule has 0 saturated carbocycles. The lowest BCUT2D eigenvalue weighted by atomic mass is 9.93. The highest BCUT2D eigenvalue weighted by molar-refractivity contribution is 6.06. The molecule has 0 bridgehead atoms. The highest BCUT2D eigenvalue weighted by Crippen LogP contribution is 2.43. The molecule has 138 valence electrons. The summed E-state index contributed by atoms with van der Waals surface area (Å²) in [5, 5.41) is 1.94. The third-order valence-electron chi connectivity index (χ3n) is 4.88. The van der Waals surface area contributed by atoms with Crippen LogP contribution in [0.15, 0.2) is 48.5 Å². The normalized spacial score (nSPS) is 15.0. The van der Waals surface area contributed by atoms with Crippen LogP contribution >= 0.6 is 0 Å².